The molecular weight excluding hydrogens is 204 g/mol. The van der Waals surface area contributed by atoms with Crippen LogP contribution < -0.4 is 10.6 Å². The zero-order valence-corrected chi connectivity index (χ0v) is 8.50. The number of hydrogen-bond acceptors (Lipinski definition) is 3. The lowest BCUT2D eigenvalue weighted by Gasteiger charge is -2.40. The molecule has 2 heterocycles. The van der Waals surface area contributed by atoms with Crippen LogP contribution in [-0.2, 0) is 4.99 Å². The maximum Gasteiger partial charge on any atom is 0.149 e. The standard InChI is InChI=1S/C9H9ClN2S/c10-6-1-2-8-7(5-6)9(13-8)11-3-4-12-9/h1-2,5,11-12H,3-4H2. The number of benzene rings is 1. The van der Waals surface area contributed by atoms with Crippen LogP contribution in [0.15, 0.2) is 23.1 Å². The Morgan fingerprint density at radius 2 is 2.08 bits per heavy atom. The normalized spacial score (nSPS) is 22.8. The fourth-order valence-corrected chi connectivity index (χ4v) is 3.28. The fraction of sp³-hybridized carbons (Fsp3) is 0.333. The van der Waals surface area contributed by atoms with Gasteiger partial charge in [0.1, 0.15) is 4.99 Å². The molecule has 2 nitrogen and oxygen atoms in total. The monoisotopic (exact) mass is 212 g/mol. The van der Waals surface area contributed by atoms with Crippen molar-refractivity contribution in [2.75, 3.05) is 13.1 Å². The van der Waals surface area contributed by atoms with Crippen molar-refractivity contribution in [3.05, 3.63) is 28.8 Å². The van der Waals surface area contributed by atoms with E-state index < -0.39 is 0 Å². The molecule has 13 heavy (non-hydrogen) atoms. The van der Waals surface area contributed by atoms with Gasteiger partial charge in [-0.05, 0) is 18.2 Å². The van der Waals surface area contributed by atoms with E-state index in [0.29, 0.717) is 0 Å². The first-order chi connectivity index (χ1) is 6.30. The third kappa shape index (κ3) is 1.05. The third-order valence-corrected chi connectivity index (χ3v) is 4.08. The van der Waals surface area contributed by atoms with Crippen molar-refractivity contribution in [1.82, 2.24) is 10.6 Å². The van der Waals surface area contributed by atoms with Gasteiger partial charge in [-0.1, -0.05) is 23.4 Å². The lowest BCUT2D eigenvalue weighted by Crippen LogP contribution is -2.47. The molecule has 0 aromatic heterocycles. The highest BCUT2D eigenvalue weighted by Gasteiger charge is 2.45. The van der Waals surface area contributed by atoms with Crippen molar-refractivity contribution in [3.8, 4) is 0 Å². The van der Waals surface area contributed by atoms with E-state index in [1.807, 2.05) is 23.9 Å². The Morgan fingerprint density at radius 1 is 1.31 bits per heavy atom. The Hall–Kier alpha value is -0.220. The molecule has 0 saturated carbocycles. The van der Waals surface area contributed by atoms with Gasteiger partial charge in [0.15, 0.2) is 0 Å². The van der Waals surface area contributed by atoms with Crippen LogP contribution in [0.5, 0.6) is 0 Å². The minimum atomic E-state index is -0.0275. The first-order valence-corrected chi connectivity index (χ1v) is 5.49. The van der Waals surface area contributed by atoms with E-state index in [1.54, 1.807) is 0 Å². The van der Waals surface area contributed by atoms with Gasteiger partial charge in [0, 0.05) is 28.6 Å². The van der Waals surface area contributed by atoms with Gasteiger partial charge in [-0.3, -0.25) is 10.6 Å². The highest BCUT2D eigenvalue weighted by atomic mass is 35.5. The molecule has 68 valence electrons. The second-order valence-electron chi connectivity index (χ2n) is 3.28. The number of rotatable bonds is 0. The van der Waals surface area contributed by atoms with Gasteiger partial charge in [0.2, 0.25) is 0 Å². The molecule has 1 saturated heterocycles. The SMILES string of the molecule is Clc1ccc2c(c1)C1(NCCN1)S2. The molecule has 3 rings (SSSR count). The van der Waals surface area contributed by atoms with Gasteiger partial charge in [-0.2, -0.15) is 0 Å². The van der Waals surface area contributed by atoms with E-state index in [-0.39, 0.29) is 4.99 Å². The minimum absolute atomic E-state index is 0.0275. The van der Waals surface area contributed by atoms with Crippen LogP contribution in [0.25, 0.3) is 0 Å². The number of nitrogens with one attached hydrogen (secondary N) is 2. The fourth-order valence-electron chi connectivity index (χ4n) is 1.84. The molecule has 0 bridgehead atoms. The highest BCUT2D eigenvalue weighted by molar-refractivity contribution is 8.01. The van der Waals surface area contributed by atoms with Crippen LogP contribution in [0.1, 0.15) is 5.56 Å². The van der Waals surface area contributed by atoms with Gasteiger partial charge < -0.3 is 0 Å². The number of fused-ring (bicyclic) bond motifs is 2. The second-order valence-corrected chi connectivity index (χ2v) is 4.97. The van der Waals surface area contributed by atoms with Crippen molar-refractivity contribution < 1.29 is 0 Å². The first-order valence-electron chi connectivity index (χ1n) is 4.29. The summed E-state index contributed by atoms with van der Waals surface area (Å²) in [5, 5.41) is 7.71. The summed E-state index contributed by atoms with van der Waals surface area (Å²) in [6.45, 7) is 2.05. The van der Waals surface area contributed by atoms with Crippen LogP contribution >= 0.6 is 23.4 Å². The molecule has 0 atom stereocenters. The summed E-state index contributed by atoms with van der Waals surface area (Å²) in [6.07, 6.45) is 0. The highest BCUT2D eigenvalue weighted by Crippen LogP contribution is 2.52. The number of halogens is 1. The Morgan fingerprint density at radius 3 is 2.85 bits per heavy atom. The second kappa shape index (κ2) is 2.64. The molecule has 1 aromatic carbocycles. The zero-order valence-electron chi connectivity index (χ0n) is 6.93. The van der Waals surface area contributed by atoms with Gasteiger partial charge >= 0.3 is 0 Å². The Bertz CT molecular complexity index is 361. The average Bonchev–Trinajstić information content (AvgIpc) is 2.58. The quantitative estimate of drug-likeness (QED) is 0.685. The lowest BCUT2D eigenvalue weighted by atomic mass is 10.1. The summed E-state index contributed by atoms with van der Waals surface area (Å²) < 4.78 is 0. The average molecular weight is 213 g/mol. The largest absolute Gasteiger partial charge is 0.285 e. The Balaban J connectivity index is 2.07. The van der Waals surface area contributed by atoms with Crippen LogP contribution in [0.4, 0.5) is 0 Å². The third-order valence-electron chi connectivity index (χ3n) is 2.46. The number of hydrogen-bond donors (Lipinski definition) is 2. The number of thioether (sulfide) groups is 1. The van der Waals surface area contributed by atoms with Gasteiger partial charge in [0.25, 0.3) is 0 Å². The zero-order chi connectivity index (χ0) is 8.89. The molecule has 2 aliphatic rings. The van der Waals surface area contributed by atoms with Gasteiger partial charge in [-0.15, -0.1) is 0 Å². The molecule has 2 aliphatic heterocycles. The summed E-state index contributed by atoms with van der Waals surface area (Å²) in [7, 11) is 0. The summed E-state index contributed by atoms with van der Waals surface area (Å²) in [6, 6.07) is 6.06. The molecule has 1 spiro atoms. The predicted molar refractivity (Wildman–Crippen MR) is 55.0 cm³/mol. The van der Waals surface area contributed by atoms with Crippen molar-refractivity contribution in [3.63, 3.8) is 0 Å². The summed E-state index contributed by atoms with van der Waals surface area (Å²) >= 11 is 7.78. The molecule has 0 unspecified atom stereocenters. The molecule has 0 amide bonds. The van der Waals surface area contributed by atoms with Crippen LogP contribution in [0.2, 0.25) is 5.02 Å². The van der Waals surface area contributed by atoms with Crippen LogP contribution in [-0.4, -0.2) is 13.1 Å². The van der Waals surface area contributed by atoms with Gasteiger partial charge in [0.05, 0.1) is 0 Å². The lowest BCUT2D eigenvalue weighted by molar-refractivity contribution is 0.493. The Kier molecular flexibility index (Phi) is 1.65. The molecule has 0 radical (unpaired) electrons. The smallest absolute Gasteiger partial charge is 0.149 e. The van der Waals surface area contributed by atoms with E-state index in [1.165, 1.54) is 10.5 Å². The van der Waals surface area contributed by atoms with E-state index in [4.69, 9.17) is 11.6 Å². The maximum absolute atomic E-state index is 5.95. The van der Waals surface area contributed by atoms with E-state index in [0.717, 1.165) is 18.1 Å². The van der Waals surface area contributed by atoms with E-state index >= 15 is 0 Å². The summed E-state index contributed by atoms with van der Waals surface area (Å²) in [5.41, 5.74) is 1.29. The van der Waals surface area contributed by atoms with E-state index in [9.17, 15) is 0 Å². The van der Waals surface area contributed by atoms with Crippen LogP contribution in [0.3, 0.4) is 0 Å². The van der Waals surface area contributed by atoms with Crippen molar-refractivity contribution in [2.24, 2.45) is 0 Å². The van der Waals surface area contributed by atoms with Crippen molar-refractivity contribution >= 4 is 23.4 Å². The Labute approximate surface area is 86.0 Å². The molecule has 1 aromatic rings. The van der Waals surface area contributed by atoms with Crippen LogP contribution in [0, 0.1) is 0 Å². The van der Waals surface area contributed by atoms with E-state index in [2.05, 4.69) is 16.7 Å². The maximum atomic E-state index is 5.95. The minimum Gasteiger partial charge on any atom is -0.285 e. The molecular formula is C9H9ClN2S. The summed E-state index contributed by atoms with van der Waals surface area (Å²) in [4.78, 5) is 1.30. The molecule has 1 fully saturated rings. The first kappa shape index (κ1) is 8.12. The molecule has 2 N–H and O–H groups in total. The van der Waals surface area contributed by atoms with Crippen molar-refractivity contribution in [1.29, 1.82) is 0 Å². The van der Waals surface area contributed by atoms with Gasteiger partial charge in [-0.25, -0.2) is 0 Å². The molecule has 4 heteroatoms. The topological polar surface area (TPSA) is 24.1 Å². The summed E-state index contributed by atoms with van der Waals surface area (Å²) in [5.74, 6) is 0. The van der Waals surface area contributed by atoms with Crippen molar-refractivity contribution in [2.45, 2.75) is 9.89 Å². The molecule has 0 aliphatic carbocycles. The predicted octanol–water partition coefficient (Wildman–Crippen LogP) is 1.75.